The normalized spacial score (nSPS) is 19.2. The van der Waals surface area contributed by atoms with Crippen molar-refractivity contribution in [3.8, 4) is 0 Å². The highest BCUT2D eigenvalue weighted by Gasteiger charge is 2.34. The molecule has 2 aliphatic rings. The van der Waals surface area contributed by atoms with E-state index in [-0.39, 0.29) is 24.4 Å². The van der Waals surface area contributed by atoms with Crippen LogP contribution in [0.2, 0.25) is 0 Å². The first-order valence-corrected chi connectivity index (χ1v) is 10.3. The number of rotatable bonds is 4. The summed E-state index contributed by atoms with van der Waals surface area (Å²) < 4.78 is 7.07. The first-order valence-electron chi connectivity index (χ1n) is 10.3. The van der Waals surface area contributed by atoms with E-state index in [4.69, 9.17) is 4.52 Å². The zero-order valence-corrected chi connectivity index (χ0v) is 17.4. The van der Waals surface area contributed by atoms with Crippen LogP contribution in [0, 0.1) is 13.8 Å². The quantitative estimate of drug-likeness (QED) is 0.780. The van der Waals surface area contributed by atoms with Gasteiger partial charge in [-0.1, -0.05) is 5.16 Å². The Bertz CT molecular complexity index is 875. The summed E-state index contributed by atoms with van der Waals surface area (Å²) in [5.41, 5.74) is 2.75. The fraction of sp³-hybridized carbons (Fsp3) is 0.571. The maximum Gasteiger partial charge on any atom is 0.270 e. The maximum atomic E-state index is 12.8. The van der Waals surface area contributed by atoms with Gasteiger partial charge in [0.25, 0.3) is 5.91 Å². The Morgan fingerprint density at radius 1 is 1.21 bits per heavy atom. The molecule has 29 heavy (non-hydrogen) atoms. The molecule has 0 saturated carbocycles. The molecule has 0 bridgehead atoms. The zero-order valence-electron chi connectivity index (χ0n) is 17.4. The molecule has 2 fully saturated rings. The summed E-state index contributed by atoms with van der Waals surface area (Å²) in [7, 11) is 1.85. The summed E-state index contributed by atoms with van der Waals surface area (Å²) in [5, 5.41) is 4.04. The van der Waals surface area contributed by atoms with Crippen molar-refractivity contribution in [3.63, 3.8) is 0 Å². The molecule has 0 N–H and O–H groups in total. The highest BCUT2D eigenvalue weighted by Crippen LogP contribution is 2.23. The predicted octanol–water partition coefficient (Wildman–Crippen LogP) is 1.58. The molecule has 0 atom stereocenters. The number of carbonyl (C=O) groups is 2. The van der Waals surface area contributed by atoms with Gasteiger partial charge in [-0.2, -0.15) is 0 Å². The van der Waals surface area contributed by atoms with Crippen LogP contribution in [0.5, 0.6) is 0 Å². The van der Waals surface area contributed by atoms with Crippen molar-refractivity contribution < 1.29 is 14.1 Å². The third-order valence-electron chi connectivity index (χ3n) is 6.27. The first-order chi connectivity index (χ1) is 13.9. The van der Waals surface area contributed by atoms with Crippen LogP contribution in [0.25, 0.3) is 0 Å². The van der Waals surface area contributed by atoms with Gasteiger partial charge < -0.3 is 18.9 Å². The van der Waals surface area contributed by atoms with Crippen molar-refractivity contribution in [3.05, 3.63) is 41.0 Å². The van der Waals surface area contributed by atoms with Crippen molar-refractivity contribution in [1.82, 2.24) is 24.4 Å². The van der Waals surface area contributed by atoms with Gasteiger partial charge in [0, 0.05) is 57.6 Å². The number of carbonyl (C=O) groups excluding carboxylic acids is 2. The molecule has 2 amide bonds. The monoisotopic (exact) mass is 399 g/mol. The number of likely N-dealkylation sites (tertiary alicyclic amines) is 1. The summed E-state index contributed by atoms with van der Waals surface area (Å²) in [5.74, 6) is 0.876. The summed E-state index contributed by atoms with van der Waals surface area (Å²) in [6.07, 6.45) is 3.77. The van der Waals surface area contributed by atoms with E-state index in [1.807, 2.05) is 38.1 Å². The molecule has 4 rings (SSSR count). The highest BCUT2D eigenvalue weighted by atomic mass is 16.5. The Kier molecular flexibility index (Phi) is 5.45. The smallest absolute Gasteiger partial charge is 0.270 e. The molecule has 156 valence electrons. The lowest BCUT2D eigenvalue weighted by molar-refractivity contribution is -0.138. The second kappa shape index (κ2) is 8.02. The lowest BCUT2D eigenvalue weighted by atomic mass is 10.0. The van der Waals surface area contributed by atoms with E-state index in [1.54, 1.807) is 15.5 Å². The average molecular weight is 399 g/mol. The Morgan fingerprint density at radius 2 is 1.97 bits per heavy atom. The third kappa shape index (κ3) is 3.94. The van der Waals surface area contributed by atoms with E-state index in [0.29, 0.717) is 18.8 Å². The minimum absolute atomic E-state index is 0.0583. The average Bonchev–Trinajstić information content (AvgIpc) is 3.28. The van der Waals surface area contributed by atoms with Crippen molar-refractivity contribution in [2.45, 2.75) is 39.3 Å². The Balaban J connectivity index is 1.30. The van der Waals surface area contributed by atoms with Crippen LogP contribution in [-0.2, 0) is 18.4 Å². The number of hydrogen-bond donors (Lipinski definition) is 0. The first kappa shape index (κ1) is 19.7. The Morgan fingerprint density at radius 3 is 2.55 bits per heavy atom. The van der Waals surface area contributed by atoms with E-state index < -0.39 is 0 Å². The zero-order chi connectivity index (χ0) is 20.5. The van der Waals surface area contributed by atoms with E-state index >= 15 is 0 Å². The number of aromatic nitrogens is 2. The molecule has 4 heterocycles. The minimum Gasteiger partial charge on any atom is -0.361 e. The van der Waals surface area contributed by atoms with Gasteiger partial charge in [0.05, 0.1) is 5.69 Å². The highest BCUT2D eigenvalue weighted by molar-refractivity contribution is 5.96. The van der Waals surface area contributed by atoms with Crippen LogP contribution >= 0.6 is 0 Å². The molecular weight excluding hydrogens is 370 g/mol. The summed E-state index contributed by atoms with van der Waals surface area (Å²) in [6, 6.07) is 3.91. The van der Waals surface area contributed by atoms with E-state index in [9.17, 15) is 9.59 Å². The molecule has 0 unspecified atom stereocenters. The fourth-order valence-electron chi connectivity index (χ4n) is 4.43. The molecule has 2 saturated heterocycles. The second-order valence-corrected chi connectivity index (χ2v) is 8.13. The van der Waals surface area contributed by atoms with Gasteiger partial charge in [0.1, 0.15) is 18.0 Å². The van der Waals surface area contributed by atoms with Gasteiger partial charge in [-0.3, -0.25) is 14.5 Å². The number of nitrogens with zero attached hydrogens (tertiary/aromatic N) is 5. The van der Waals surface area contributed by atoms with Gasteiger partial charge in [-0.15, -0.1) is 0 Å². The van der Waals surface area contributed by atoms with Crippen LogP contribution in [0.3, 0.4) is 0 Å². The molecule has 2 aliphatic heterocycles. The maximum absolute atomic E-state index is 12.8. The molecule has 2 aromatic heterocycles. The molecule has 0 spiro atoms. The van der Waals surface area contributed by atoms with Gasteiger partial charge in [-0.25, -0.2) is 0 Å². The standard InChI is InChI=1S/C21H29N5O3/c1-15-18(16(2)29-22-15)13-24-9-6-17(7-10-24)26-12-11-25(14-20(26)27)21(28)19-5-4-8-23(19)3/h4-5,8,17H,6-7,9-14H2,1-3H3. The van der Waals surface area contributed by atoms with Crippen LogP contribution in [0.1, 0.15) is 40.3 Å². The largest absolute Gasteiger partial charge is 0.361 e. The van der Waals surface area contributed by atoms with Gasteiger partial charge in [0.2, 0.25) is 5.91 Å². The molecule has 0 aliphatic carbocycles. The van der Waals surface area contributed by atoms with Crippen LogP contribution in [0.15, 0.2) is 22.9 Å². The molecule has 0 aromatic carbocycles. The molecular formula is C21H29N5O3. The van der Waals surface area contributed by atoms with Crippen molar-refractivity contribution in [2.24, 2.45) is 7.05 Å². The van der Waals surface area contributed by atoms with Crippen molar-refractivity contribution in [2.75, 3.05) is 32.7 Å². The van der Waals surface area contributed by atoms with Gasteiger partial charge in [0.15, 0.2) is 0 Å². The summed E-state index contributed by atoms with van der Waals surface area (Å²) >= 11 is 0. The summed E-state index contributed by atoms with van der Waals surface area (Å²) in [4.78, 5) is 31.5. The molecule has 8 heteroatoms. The SMILES string of the molecule is Cc1noc(C)c1CN1CCC(N2CCN(C(=O)c3cccn3C)CC2=O)CC1. The van der Waals surface area contributed by atoms with Crippen molar-refractivity contribution in [1.29, 1.82) is 0 Å². The van der Waals surface area contributed by atoms with E-state index in [2.05, 4.69) is 10.1 Å². The number of hydrogen-bond acceptors (Lipinski definition) is 5. The number of piperidine rings is 1. The number of amides is 2. The van der Waals surface area contributed by atoms with Gasteiger partial charge in [-0.05, 0) is 38.8 Å². The number of aryl methyl sites for hydroxylation is 3. The second-order valence-electron chi connectivity index (χ2n) is 8.13. The molecule has 0 radical (unpaired) electrons. The fourth-order valence-corrected chi connectivity index (χ4v) is 4.43. The van der Waals surface area contributed by atoms with Crippen molar-refractivity contribution >= 4 is 11.8 Å². The molecule has 2 aromatic rings. The van der Waals surface area contributed by atoms with Crippen LogP contribution < -0.4 is 0 Å². The van der Waals surface area contributed by atoms with Crippen LogP contribution in [-0.4, -0.2) is 75.0 Å². The van der Waals surface area contributed by atoms with Gasteiger partial charge >= 0.3 is 0 Å². The Labute approximate surface area is 171 Å². The lowest BCUT2D eigenvalue weighted by Gasteiger charge is -2.42. The third-order valence-corrected chi connectivity index (χ3v) is 6.27. The predicted molar refractivity (Wildman–Crippen MR) is 107 cm³/mol. The lowest BCUT2D eigenvalue weighted by Crippen LogP contribution is -2.57. The Hall–Kier alpha value is -2.61. The number of piperazine rings is 1. The summed E-state index contributed by atoms with van der Waals surface area (Å²) in [6.45, 7) is 8.06. The molecule has 8 nitrogen and oxygen atoms in total. The topological polar surface area (TPSA) is 74.8 Å². The van der Waals surface area contributed by atoms with Crippen LogP contribution in [0.4, 0.5) is 0 Å². The van der Waals surface area contributed by atoms with E-state index in [1.165, 1.54) is 5.56 Å². The van der Waals surface area contributed by atoms with E-state index in [0.717, 1.165) is 43.9 Å². The minimum atomic E-state index is -0.0696.